The van der Waals surface area contributed by atoms with Gasteiger partial charge in [0.15, 0.2) is 6.10 Å². The zero-order valence-electron chi connectivity index (χ0n) is 44.4. The number of unbranched alkanes of at least 4 members (excludes halogenated alkanes) is 31. The molecule has 0 fully saturated rings. The first-order valence-electron chi connectivity index (χ1n) is 28.8. The lowest BCUT2D eigenvalue weighted by Crippen LogP contribution is -2.30. The van der Waals surface area contributed by atoms with Gasteiger partial charge in [-0.1, -0.05) is 242 Å². The Hall–Kier alpha value is -2.89. The third kappa shape index (κ3) is 53.9. The molecular weight excluding hydrogens is 829 g/mol. The molecule has 6 heteroatoms. The molecule has 0 aliphatic rings. The van der Waals surface area contributed by atoms with Gasteiger partial charge in [-0.2, -0.15) is 0 Å². The highest BCUT2D eigenvalue weighted by Crippen LogP contribution is 2.16. The summed E-state index contributed by atoms with van der Waals surface area (Å²) in [6, 6.07) is 0. The predicted octanol–water partition coefficient (Wildman–Crippen LogP) is 19.2. The van der Waals surface area contributed by atoms with Gasteiger partial charge in [-0.25, -0.2) is 0 Å². The molecule has 0 spiro atoms. The lowest BCUT2D eigenvalue weighted by molar-refractivity contribution is -0.167. The van der Waals surface area contributed by atoms with Gasteiger partial charge in [0.2, 0.25) is 0 Å². The zero-order valence-corrected chi connectivity index (χ0v) is 44.4. The molecule has 0 aliphatic heterocycles. The largest absolute Gasteiger partial charge is 0.462 e. The summed E-state index contributed by atoms with van der Waals surface area (Å²) < 4.78 is 16.8. The van der Waals surface area contributed by atoms with Gasteiger partial charge in [0.25, 0.3) is 0 Å². The van der Waals surface area contributed by atoms with Crippen molar-refractivity contribution in [3.63, 3.8) is 0 Å². The Balaban J connectivity index is 4.41. The minimum atomic E-state index is -0.789. The first-order chi connectivity index (χ1) is 33.0. The second kappa shape index (κ2) is 55.7. The van der Waals surface area contributed by atoms with Crippen LogP contribution in [0.3, 0.4) is 0 Å². The van der Waals surface area contributed by atoms with Crippen molar-refractivity contribution < 1.29 is 28.6 Å². The third-order valence-electron chi connectivity index (χ3n) is 12.5. The van der Waals surface area contributed by atoms with Crippen LogP contribution in [0.4, 0.5) is 0 Å². The van der Waals surface area contributed by atoms with Crippen LogP contribution in [0.15, 0.2) is 60.8 Å². The molecule has 0 aromatic carbocycles. The van der Waals surface area contributed by atoms with Gasteiger partial charge < -0.3 is 14.2 Å². The van der Waals surface area contributed by atoms with E-state index in [1.54, 1.807) is 0 Å². The van der Waals surface area contributed by atoms with E-state index in [4.69, 9.17) is 14.2 Å². The predicted molar refractivity (Wildman–Crippen MR) is 288 cm³/mol. The molecule has 0 radical (unpaired) electrons. The summed E-state index contributed by atoms with van der Waals surface area (Å²) in [6.07, 6.45) is 69.2. The normalized spacial score (nSPS) is 12.5. The molecule has 0 saturated carbocycles. The molecule has 0 unspecified atom stereocenters. The van der Waals surface area contributed by atoms with Crippen LogP contribution in [0, 0.1) is 0 Å². The summed E-state index contributed by atoms with van der Waals surface area (Å²) in [5.41, 5.74) is 0. The molecule has 0 bridgehead atoms. The Kier molecular flexibility index (Phi) is 53.3. The molecule has 0 aromatic heterocycles. The minimum absolute atomic E-state index is 0.0866. The number of esters is 3. The van der Waals surface area contributed by atoms with Gasteiger partial charge in [0.05, 0.1) is 0 Å². The van der Waals surface area contributed by atoms with Gasteiger partial charge in [-0.3, -0.25) is 14.4 Å². The van der Waals surface area contributed by atoms with E-state index >= 15 is 0 Å². The van der Waals surface area contributed by atoms with Crippen LogP contribution in [-0.2, 0) is 28.6 Å². The van der Waals surface area contributed by atoms with Crippen LogP contribution in [0.25, 0.3) is 0 Å². The Bertz CT molecular complexity index is 1210. The van der Waals surface area contributed by atoms with Crippen LogP contribution in [0.1, 0.15) is 290 Å². The van der Waals surface area contributed by atoms with Crippen molar-refractivity contribution in [2.24, 2.45) is 0 Å². The Morgan fingerprint density at radius 2 is 0.537 bits per heavy atom. The number of ether oxygens (including phenoxy) is 3. The highest BCUT2D eigenvalue weighted by molar-refractivity contribution is 5.71. The fourth-order valence-corrected chi connectivity index (χ4v) is 8.13. The SMILES string of the molecule is CCCCC/C=C\C/C=C\C/C=C\C/C=C\CCCCCC(=O)OC[C@@H](COC(=O)CCCCCCC/C=C\CCCCCC)OC(=O)CCCCCCCCCCCCCCCCCCC. The lowest BCUT2D eigenvalue weighted by Gasteiger charge is -2.18. The van der Waals surface area contributed by atoms with Crippen molar-refractivity contribution >= 4 is 17.9 Å². The van der Waals surface area contributed by atoms with Gasteiger partial charge in [-0.05, 0) is 89.9 Å². The van der Waals surface area contributed by atoms with Crippen LogP contribution >= 0.6 is 0 Å². The summed E-state index contributed by atoms with van der Waals surface area (Å²) in [6.45, 7) is 6.59. The molecule has 0 aromatic rings. The lowest BCUT2D eigenvalue weighted by atomic mass is 10.0. The number of carbonyl (C=O) groups excluding carboxylic acids is 3. The van der Waals surface area contributed by atoms with Crippen molar-refractivity contribution in [2.45, 2.75) is 297 Å². The molecule has 67 heavy (non-hydrogen) atoms. The second-order valence-electron chi connectivity index (χ2n) is 19.2. The van der Waals surface area contributed by atoms with Crippen LogP contribution < -0.4 is 0 Å². The van der Waals surface area contributed by atoms with Gasteiger partial charge in [-0.15, -0.1) is 0 Å². The number of hydrogen-bond acceptors (Lipinski definition) is 6. The van der Waals surface area contributed by atoms with Crippen LogP contribution in [-0.4, -0.2) is 37.2 Å². The maximum Gasteiger partial charge on any atom is 0.306 e. The maximum atomic E-state index is 12.9. The molecule has 1 atom stereocenters. The zero-order chi connectivity index (χ0) is 48.6. The topological polar surface area (TPSA) is 78.9 Å². The van der Waals surface area contributed by atoms with Gasteiger partial charge in [0.1, 0.15) is 13.2 Å². The molecular formula is C61H108O6. The first kappa shape index (κ1) is 64.1. The van der Waals surface area contributed by atoms with Crippen LogP contribution in [0.2, 0.25) is 0 Å². The highest BCUT2D eigenvalue weighted by atomic mass is 16.6. The summed E-state index contributed by atoms with van der Waals surface area (Å²) >= 11 is 0. The fraction of sp³-hybridized carbons (Fsp3) is 0.787. The average Bonchev–Trinajstić information content (AvgIpc) is 3.33. The first-order valence-corrected chi connectivity index (χ1v) is 28.8. The summed E-state index contributed by atoms with van der Waals surface area (Å²) in [5, 5.41) is 0. The van der Waals surface area contributed by atoms with Crippen LogP contribution in [0.5, 0.6) is 0 Å². The molecule has 0 heterocycles. The number of hydrogen-bond donors (Lipinski definition) is 0. The molecule has 0 N–H and O–H groups in total. The number of rotatable bonds is 52. The standard InChI is InChI=1S/C61H108O6/c1-4-7-10-13-16-19-22-25-27-29-30-32-33-36-39-42-45-48-51-54-60(63)66-57-58(56-65-59(62)53-50-47-44-41-38-35-24-21-18-15-12-9-6-3)67-61(64)55-52-49-46-43-40-37-34-31-28-26-23-20-17-14-11-8-5-2/h16,19,21,24-25,27,30,32,36,39,58H,4-15,17-18,20,22-23,26,28-29,31,33-35,37-38,40-57H2,1-3H3/b19-16-,24-21-,27-25-,32-30-,39-36-/t58-/m1/s1. The molecule has 0 saturated heterocycles. The highest BCUT2D eigenvalue weighted by Gasteiger charge is 2.19. The van der Waals surface area contributed by atoms with E-state index in [0.29, 0.717) is 19.3 Å². The van der Waals surface area contributed by atoms with E-state index < -0.39 is 6.10 Å². The molecule has 0 aliphatic carbocycles. The third-order valence-corrected chi connectivity index (χ3v) is 12.5. The summed E-state index contributed by atoms with van der Waals surface area (Å²) in [4.78, 5) is 38.1. The van der Waals surface area contributed by atoms with Crippen molar-refractivity contribution in [3.8, 4) is 0 Å². The summed E-state index contributed by atoms with van der Waals surface area (Å²) in [5.74, 6) is -0.914. The summed E-state index contributed by atoms with van der Waals surface area (Å²) in [7, 11) is 0. The van der Waals surface area contributed by atoms with Gasteiger partial charge in [0, 0.05) is 19.3 Å². The quantitative estimate of drug-likeness (QED) is 0.0262. The minimum Gasteiger partial charge on any atom is -0.462 e. The monoisotopic (exact) mass is 937 g/mol. The molecule has 388 valence electrons. The van der Waals surface area contributed by atoms with Crippen molar-refractivity contribution in [1.82, 2.24) is 0 Å². The molecule has 6 nitrogen and oxygen atoms in total. The number of allylic oxidation sites excluding steroid dienone is 10. The van der Waals surface area contributed by atoms with Crippen molar-refractivity contribution in [2.75, 3.05) is 13.2 Å². The molecule has 0 rings (SSSR count). The van der Waals surface area contributed by atoms with E-state index in [9.17, 15) is 14.4 Å². The number of carbonyl (C=O) groups is 3. The Morgan fingerprint density at radius 1 is 0.299 bits per heavy atom. The smallest absolute Gasteiger partial charge is 0.306 e. The van der Waals surface area contributed by atoms with E-state index in [1.807, 2.05) is 0 Å². The maximum absolute atomic E-state index is 12.9. The van der Waals surface area contributed by atoms with Crippen molar-refractivity contribution in [1.29, 1.82) is 0 Å². The fourth-order valence-electron chi connectivity index (χ4n) is 8.13. The van der Waals surface area contributed by atoms with E-state index in [1.165, 1.54) is 161 Å². The Morgan fingerprint density at radius 3 is 0.910 bits per heavy atom. The van der Waals surface area contributed by atoms with E-state index in [-0.39, 0.29) is 31.1 Å². The van der Waals surface area contributed by atoms with E-state index in [2.05, 4.69) is 81.5 Å². The van der Waals surface area contributed by atoms with Gasteiger partial charge >= 0.3 is 17.9 Å². The molecule has 0 amide bonds. The van der Waals surface area contributed by atoms with E-state index in [0.717, 1.165) is 89.9 Å². The second-order valence-corrected chi connectivity index (χ2v) is 19.2. The average molecular weight is 938 g/mol. The Labute approximate surface area is 415 Å². The van der Waals surface area contributed by atoms with Crippen molar-refractivity contribution in [3.05, 3.63) is 60.8 Å².